The Morgan fingerprint density at radius 1 is 1.24 bits per heavy atom. The lowest BCUT2D eigenvalue weighted by Crippen LogP contribution is -2.12. The minimum absolute atomic E-state index is 0.261. The molecule has 128 valence electrons. The van der Waals surface area contributed by atoms with E-state index in [0.717, 1.165) is 23.1 Å². The second-order valence-corrected chi connectivity index (χ2v) is 6.70. The largest absolute Gasteiger partial charge is 0.448 e. The molecule has 2 heterocycles. The summed E-state index contributed by atoms with van der Waals surface area (Å²) in [5.41, 5.74) is 1.91. The van der Waals surface area contributed by atoms with Gasteiger partial charge in [0.2, 0.25) is 0 Å². The summed E-state index contributed by atoms with van der Waals surface area (Å²) in [6, 6.07) is 9.61. The molecule has 0 saturated heterocycles. The molecule has 2 aromatic heterocycles. The zero-order valence-corrected chi connectivity index (χ0v) is 14.3. The third-order valence-electron chi connectivity index (χ3n) is 4.34. The molecule has 6 nitrogen and oxygen atoms in total. The van der Waals surface area contributed by atoms with Crippen molar-refractivity contribution in [3.8, 4) is 0 Å². The van der Waals surface area contributed by atoms with Gasteiger partial charge in [-0.15, -0.1) is 0 Å². The fourth-order valence-corrected chi connectivity index (χ4v) is 2.71. The van der Waals surface area contributed by atoms with Crippen LogP contribution in [0.15, 0.2) is 41.0 Å². The molecule has 0 aliphatic heterocycles. The number of amides is 1. The van der Waals surface area contributed by atoms with Gasteiger partial charge in [-0.25, -0.2) is 9.97 Å². The number of hydrogen-bond donors (Lipinski definition) is 1. The number of carbonyl (C=O) groups excluding carboxylic acids is 1. The summed E-state index contributed by atoms with van der Waals surface area (Å²) in [5, 5.41) is 3.84. The van der Waals surface area contributed by atoms with E-state index in [-0.39, 0.29) is 5.91 Å². The van der Waals surface area contributed by atoms with Gasteiger partial charge in [0, 0.05) is 31.6 Å². The Balaban J connectivity index is 1.50. The molecule has 0 unspecified atom stereocenters. The number of hydrogen-bond acceptors (Lipinski definition) is 5. The summed E-state index contributed by atoms with van der Waals surface area (Å²) in [7, 11) is 3.91. The van der Waals surface area contributed by atoms with E-state index in [2.05, 4.69) is 15.3 Å². The fourth-order valence-electron chi connectivity index (χ4n) is 2.71. The number of rotatable bonds is 5. The third-order valence-corrected chi connectivity index (χ3v) is 4.34. The second-order valence-electron chi connectivity index (χ2n) is 6.70. The molecule has 0 bridgehead atoms. The van der Waals surface area contributed by atoms with E-state index in [1.54, 1.807) is 0 Å². The molecule has 4 rings (SSSR count). The van der Waals surface area contributed by atoms with Gasteiger partial charge in [0.25, 0.3) is 5.91 Å². The molecule has 1 fully saturated rings. The van der Waals surface area contributed by atoms with Crippen LogP contribution in [0, 0.1) is 5.92 Å². The SMILES string of the molecule is CN(C)c1ccc2cc(NC(=O)c3coc(CC4CC4)n3)ccc2n1. The number of anilines is 2. The van der Waals surface area contributed by atoms with Crippen molar-refractivity contribution >= 4 is 28.3 Å². The van der Waals surface area contributed by atoms with Gasteiger partial charge in [-0.3, -0.25) is 4.79 Å². The first-order chi connectivity index (χ1) is 12.1. The first-order valence-electron chi connectivity index (χ1n) is 8.42. The van der Waals surface area contributed by atoms with Crippen molar-refractivity contribution in [3.05, 3.63) is 48.2 Å². The van der Waals surface area contributed by atoms with E-state index in [4.69, 9.17) is 4.42 Å². The minimum atomic E-state index is -0.261. The summed E-state index contributed by atoms with van der Waals surface area (Å²) in [5.74, 6) is 1.96. The average Bonchev–Trinajstić information content (AvgIpc) is 3.28. The van der Waals surface area contributed by atoms with E-state index >= 15 is 0 Å². The number of fused-ring (bicyclic) bond motifs is 1. The Kier molecular flexibility index (Phi) is 3.87. The second kappa shape index (κ2) is 6.20. The summed E-state index contributed by atoms with van der Waals surface area (Å²) < 4.78 is 5.39. The molecule has 25 heavy (non-hydrogen) atoms. The molecule has 1 aliphatic rings. The molecule has 1 aliphatic carbocycles. The fraction of sp³-hybridized carbons (Fsp3) is 0.316. The Morgan fingerprint density at radius 2 is 2.08 bits per heavy atom. The van der Waals surface area contributed by atoms with Crippen LogP contribution in [-0.2, 0) is 6.42 Å². The van der Waals surface area contributed by atoms with Crippen molar-refractivity contribution in [1.29, 1.82) is 0 Å². The number of carbonyl (C=O) groups is 1. The van der Waals surface area contributed by atoms with Crippen LogP contribution in [0.25, 0.3) is 10.9 Å². The molecule has 1 saturated carbocycles. The molecule has 3 aromatic rings. The molecule has 1 aromatic carbocycles. The lowest BCUT2D eigenvalue weighted by molar-refractivity contribution is 0.102. The quantitative estimate of drug-likeness (QED) is 0.772. The maximum Gasteiger partial charge on any atom is 0.277 e. The summed E-state index contributed by atoms with van der Waals surface area (Å²) in [4.78, 5) is 23.2. The minimum Gasteiger partial charge on any atom is -0.448 e. The zero-order valence-electron chi connectivity index (χ0n) is 14.3. The number of oxazole rings is 1. The van der Waals surface area contributed by atoms with Crippen molar-refractivity contribution in [2.75, 3.05) is 24.3 Å². The smallest absolute Gasteiger partial charge is 0.277 e. The first-order valence-corrected chi connectivity index (χ1v) is 8.42. The third kappa shape index (κ3) is 3.47. The number of nitrogens with one attached hydrogen (secondary N) is 1. The molecular weight excluding hydrogens is 316 g/mol. The lowest BCUT2D eigenvalue weighted by Gasteiger charge is -2.12. The van der Waals surface area contributed by atoms with Gasteiger partial charge in [0.15, 0.2) is 11.6 Å². The maximum atomic E-state index is 12.4. The van der Waals surface area contributed by atoms with Crippen LogP contribution in [0.5, 0.6) is 0 Å². The van der Waals surface area contributed by atoms with Crippen LogP contribution in [0.3, 0.4) is 0 Å². The van der Waals surface area contributed by atoms with Crippen LogP contribution in [0.1, 0.15) is 29.2 Å². The van der Waals surface area contributed by atoms with Crippen LogP contribution >= 0.6 is 0 Å². The van der Waals surface area contributed by atoms with Crippen molar-refractivity contribution in [3.63, 3.8) is 0 Å². The highest BCUT2D eigenvalue weighted by Crippen LogP contribution is 2.32. The molecular formula is C19H20N4O2. The van der Waals surface area contributed by atoms with Gasteiger partial charge >= 0.3 is 0 Å². The van der Waals surface area contributed by atoms with Crippen molar-refractivity contribution < 1.29 is 9.21 Å². The number of benzene rings is 1. The lowest BCUT2D eigenvalue weighted by atomic mass is 10.2. The molecule has 0 spiro atoms. The molecule has 1 amide bonds. The number of nitrogens with zero attached hydrogens (tertiary/aromatic N) is 3. The Morgan fingerprint density at radius 3 is 2.84 bits per heavy atom. The van der Waals surface area contributed by atoms with Crippen molar-refractivity contribution in [2.24, 2.45) is 5.92 Å². The van der Waals surface area contributed by atoms with Gasteiger partial charge in [-0.1, -0.05) is 0 Å². The first kappa shape index (κ1) is 15.6. The van der Waals surface area contributed by atoms with Crippen molar-refractivity contribution in [1.82, 2.24) is 9.97 Å². The van der Waals surface area contributed by atoms with Crippen LogP contribution in [0.2, 0.25) is 0 Å². The Bertz CT molecular complexity index is 928. The summed E-state index contributed by atoms with van der Waals surface area (Å²) in [6.07, 6.45) is 4.71. The summed E-state index contributed by atoms with van der Waals surface area (Å²) >= 11 is 0. The van der Waals surface area contributed by atoms with Gasteiger partial charge in [0.1, 0.15) is 12.1 Å². The normalized spacial score (nSPS) is 13.8. The van der Waals surface area contributed by atoms with E-state index in [1.807, 2.05) is 49.3 Å². The number of aromatic nitrogens is 2. The molecule has 1 N–H and O–H groups in total. The Labute approximate surface area is 145 Å². The van der Waals surface area contributed by atoms with Crippen LogP contribution in [0.4, 0.5) is 11.5 Å². The van der Waals surface area contributed by atoms with Gasteiger partial charge < -0.3 is 14.6 Å². The van der Waals surface area contributed by atoms with Crippen LogP contribution in [-0.4, -0.2) is 30.0 Å². The average molecular weight is 336 g/mol. The monoisotopic (exact) mass is 336 g/mol. The zero-order chi connectivity index (χ0) is 17.4. The standard InChI is InChI=1S/C19H20N4O2/c1-23(2)17-8-5-13-10-14(6-7-15(13)21-17)20-19(24)16-11-25-18(22-16)9-12-3-4-12/h5-8,10-12H,3-4,9H2,1-2H3,(H,20,24). The van der Waals surface area contributed by atoms with Crippen LogP contribution < -0.4 is 10.2 Å². The molecule has 6 heteroatoms. The highest BCUT2D eigenvalue weighted by Gasteiger charge is 2.24. The highest BCUT2D eigenvalue weighted by molar-refractivity contribution is 6.03. The molecule has 0 radical (unpaired) electrons. The predicted octanol–water partition coefficient (Wildman–Crippen LogP) is 3.49. The molecule has 0 atom stereocenters. The maximum absolute atomic E-state index is 12.4. The predicted molar refractivity (Wildman–Crippen MR) is 97.0 cm³/mol. The van der Waals surface area contributed by atoms with E-state index in [1.165, 1.54) is 19.1 Å². The van der Waals surface area contributed by atoms with E-state index < -0.39 is 0 Å². The van der Waals surface area contributed by atoms with Gasteiger partial charge in [-0.05, 0) is 49.1 Å². The highest BCUT2D eigenvalue weighted by atomic mass is 16.3. The topological polar surface area (TPSA) is 71.3 Å². The number of pyridine rings is 1. The summed E-state index contributed by atoms with van der Waals surface area (Å²) in [6.45, 7) is 0. The van der Waals surface area contributed by atoms with E-state index in [0.29, 0.717) is 23.2 Å². The van der Waals surface area contributed by atoms with Crippen molar-refractivity contribution in [2.45, 2.75) is 19.3 Å². The van der Waals surface area contributed by atoms with Gasteiger partial charge in [0.05, 0.1) is 5.52 Å². The van der Waals surface area contributed by atoms with E-state index in [9.17, 15) is 4.79 Å². The van der Waals surface area contributed by atoms with Gasteiger partial charge in [-0.2, -0.15) is 0 Å². The Hall–Kier alpha value is -2.89.